The Hall–Kier alpha value is -3.85. The van der Waals surface area contributed by atoms with E-state index in [1.54, 1.807) is 31.4 Å². The SMILES string of the molecule is CCOc1ccc([C@H]2C(C(=O)OC(C)C)=C(C)N=c3s/c(=C/c4ccc5c(c4)OCO5)c(=O)n32)cc1. The summed E-state index contributed by atoms with van der Waals surface area (Å²) >= 11 is 1.28. The zero-order valence-corrected chi connectivity index (χ0v) is 21.3. The minimum absolute atomic E-state index is 0.178. The highest BCUT2D eigenvalue weighted by atomic mass is 32.1. The Bertz CT molecular complexity index is 1530. The average Bonchev–Trinajstić information content (AvgIpc) is 3.42. The highest BCUT2D eigenvalue weighted by molar-refractivity contribution is 7.07. The largest absolute Gasteiger partial charge is 0.494 e. The van der Waals surface area contributed by atoms with E-state index in [1.165, 1.54) is 11.3 Å². The first kappa shape index (κ1) is 23.9. The number of allylic oxidation sites excluding steroid dienone is 1. The third-order valence-electron chi connectivity index (χ3n) is 5.79. The van der Waals surface area contributed by atoms with Crippen LogP contribution in [0.2, 0.25) is 0 Å². The monoisotopic (exact) mass is 506 g/mol. The number of hydrogen-bond acceptors (Lipinski definition) is 8. The molecule has 0 N–H and O–H groups in total. The van der Waals surface area contributed by atoms with Gasteiger partial charge in [0, 0.05) is 0 Å². The van der Waals surface area contributed by atoms with Gasteiger partial charge in [-0.1, -0.05) is 29.5 Å². The number of benzene rings is 2. The molecule has 0 amide bonds. The van der Waals surface area contributed by atoms with Crippen LogP contribution in [0.25, 0.3) is 6.08 Å². The number of thiazole rings is 1. The lowest BCUT2D eigenvalue weighted by Crippen LogP contribution is -2.40. The summed E-state index contributed by atoms with van der Waals surface area (Å²) in [7, 11) is 0. The molecular formula is C27H26N2O6S. The fourth-order valence-corrected chi connectivity index (χ4v) is 5.29. The lowest BCUT2D eigenvalue weighted by Gasteiger charge is -2.25. The Morgan fingerprint density at radius 1 is 1.19 bits per heavy atom. The summed E-state index contributed by atoms with van der Waals surface area (Å²) in [6.45, 7) is 7.99. The van der Waals surface area contributed by atoms with E-state index < -0.39 is 12.0 Å². The first-order valence-electron chi connectivity index (χ1n) is 11.7. The van der Waals surface area contributed by atoms with Crippen LogP contribution in [-0.2, 0) is 9.53 Å². The van der Waals surface area contributed by atoms with E-state index in [-0.39, 0.29) is 18.5 Å². The maximum atomic E-state index is 13.7. The summed E-state index contributed by atoms with van der Waals surface area (Å²) in [6, 6.07) is 12.2. The number of aromatic nitrogens is 1. The van der Waals surface area contributed by atoms with Gasteiger partial charge in [0.05, 0.1) is 34.6 Å². The summed E-state index contributed by atoms with van der Waals surface area (Å²) < 4.78 is 24.0. The fraction of sp³-hybridized carbons (Fsp3) is 0.296. The van der Waals surface area contributed by atoms with Gasteiger partial charge in [0.15, 0.2) is 16.3 Å². The van der Waals surface area contributed by atoms with Crippen molar-refractivity contribution in [2.45, 2.75) is 39.8 Å². The number of rotatable bonds is 6. The molecule has 1 aromatic heterocycles. The molecule has 5 rings (SSSR count). The molecular weight excluding hydrogens is 480 g/mol. The third-order valence-corrected chi connectivity index (χ3v) is 6.77. The van der Waals surface area contributed by atoms with Gasteiger partial charge in [0.25, 0.3) is 5.56 Å². The molecule has 0 unspecified atom stereocenters. The summed E-state index contributed by atoms with van der Waals surface area (Å²) in [5, 5.41) is 0. The molecule has 2 aliphatic heterocycles. The van der Waals surface area contributed by atoms with E-state index in [0.717, 1.165) is 11.1 Å². The Morgan fingerprint density at radius 3 is 2.67 bits per heavy atom. The molecule has 36 heavy (non-hydrogen) atoms. The van der Waals surface area contributed by atoms with Crippen LogP contribution in [0.15, 0.2) is 63.5 Å². The zero-order chi connectivity index (χ0) is 25.4. The molecule has 0 bridgehead atoms. The first-order valence-corrected chi connectivity index (χ1v) is 12.5. The Kier molecular flexibility index (Phi) is 6.40. The van der Waals surface area contributed by atoms with Crippen molar-refractivity contribution >= 4 is 23.4 Å². The van der Waals surface area contributed by atoms with E-state index in [2.05, 4.69) is 4.99 Å². The number of carbonyl (C=O) groups is 1. The van der Waals surface area contributed by atoms with Crippen LogP contribution in [-0.4, -0.2) is 30.0 Å². The summed E-state index contributed by atoms with van der Waals surface area (Å²) in [5.41, 5.74) is 2.19. The summed E-state index contributed by atoms with van der Waals surface area (Å²) in [4.78, 5) is 32.1. The fourth-order valence-electron chi connectivity index (χ4n) is 4.24. The van der Waals surface area contributed by atoms with Crippen molar-refractivity contribution in [3.05, 3.63) is 84.5 Å². The minimum atomic E-state index is -0.679. The first-order chi connectivity index (χ1) is 17.4. The van der Waals surface area contributed by atoms with Crippen molar-refractivity contribution in [2.75, 3.05) is 13.4 Å². The number of hydrogen-bond donors (Lipinski definition) is 0. The Balaban J connectivity index is 1.66. The number of esters is 1. The second kappa shape index (κ2) is 9.66. The van der Waals surface area contributed by atoms with Crippen LogP contribution < -0.4 is 29.1 Å². The van der Waals surface area contributed by atoms with Gasteiger partial charge < -0.3 is 18.9 Å². The summed E-state index contributed by atoms with van der Waals surface area (Å²) in [6.07, 6.45) is 1.49. The molecule has 0 aliphatic carbocycles. The normalized spacial score (nSPS) is 16.7. The van der Waals surface area contributed by atoms with Gasteiger partial charge in [-0.25, -0.2) is 9.79 Å². The highest BCUT2D eigenvalue weighted by Gasteiger charge is 2.33. The van der Waals surface area contributed by atoms with Crippen LogP contribution in [0.5, 0.6) is 17.2 Å². The second-order valence-electron chi connectivity index (χ2n) is 8.65. The van der Waals surface area contributed by atoms with E-state index in [4.69, 9.17) is 18.9 Å². The van der Waals surface area contributed by atoms with E-state index >= 15 is 0 Å². The van der Waals surface area contributed by atoms with Gasteiger partial charge in [-0.15, -0.1) is 0 Å². The topological polar surface area (TPSA) is 88.4 Å². The van der Waals surface area contributed by atoms with E-state index in [0.29, 0.717) is 44.5 Å². The van der Waals surface area contributed by atoms with E-state index in [9.17, 15) is 9.59 Å². The molecule has 2 aromatic carbocycles. The molecule has 1 atom stereocenters. The average molecular weight is 507 g/mol. The lowest BCUT2D eigenvalue weighted by molar-refractivity contribution is -0.143. The summed E-state index contributed by atoms with van der Waals surface area (Å²) in [5.74, 6) is 1.53. The molecule has 9 heteroatoms. The molecule has 3 aromatic rings. The predicted octanol–water partition coefficient (Wildman–Crippen LogP) is 3.31. The Morgan fingerprint density at radius 2 is 1.94 bits per heavy atom. The van der Waals surface area contributed by atoms with Gasteiger partial charge in [0.2, 0.25) is 6.79 Å². The molecule has 2 aliphatic rings. The second-order valence-corrected chi connectivity index (χ2v) is 9.66. The van der Waals surface area contributed by atoms with Crippen molar-refractivity contribution in [1.82, 2.24) is 4.57 Å². The maximum absolute atomic E-state index is 13.7. The van der Waals surface area contributed by atoms with Gasteiger partial charge >= 0.3 is 5.97 Å². The van der Waals surface area contributed by atoms with Crippen molar-refractivity contribution in [1.29, 1.82) is 0 Å². The van der Waals surface area contributed by atoms with Gasteiger partial charge in [-0.05, 0) is 69.2 Å². The quantitative estimate of drug-likeness (QED) is 0.477. The van der Waals surface area contributed by atoms with Gasteiger partial charge in [-0.3, -0.25) is 9.36 Å². The van der Waals surface area contributed by atoms with Crippen molar-refractivity contribution in [2.24, 2.45) is 4.99 Å². The van der Waals surface area contributed by atoms with Crippen LogP contribution in [0.4, 0.5) is 0 Å². The molecule has 3 heterocycles. The van der Waals surface area contributed by atoms with Crippen LogP contribution in [0.1, 0.15) is 44.9 Å². The highest BCUT2D eigenvalue weighted by Crippen LogP contribution is 2.33. The molecule has 0 radical (unpaired) electrons. The molecule has 0 spiro atoms. The molecule has 0 saturated carbocycles. The maximum Gasteiger partial charge on any atom is 0.338 e. The lowest BCUT2D eigenvalue weighted by atomic mass is 9.96. The van der Waals surface area contributed by atoms with Gasteiger partial charge in [-0.2, -0.15) is 0 Å². The smallest absolute Gasteiger partial charge is 0.338 e. The minimum Gasteiger partial charge on any atom is -0.494 e. The Labute approximate surface area is 211 Å². The van der Waals surface area contributed by atoms with Crippen LogP contribution in [0, 0.1) is 0 Å². The number of ether oxygens (including phenoxy) is 4. The van der Waals surface area contributed by atoms with Crippen molar-refractivity contribution in [3.63, 3.8) is 0 Å². The number of fused-ring (bicyclic) bond motifs is 2. The number of carbonyl (C=O) groups excluding carboxylic acids is 1. The van der Waals surface area contributed by atoms with E-state index in [1.807, 2.05) is 49.4 Å². The molecule has 0 fully saturated rings. The van der Waals surface area contributed by atoms with Crippen molar-refractivity contribution < 1.29 is 23.7 Å². The molecule has 186 valence electrons. The van der Waals surface area contributed by atoms with Crippen LogP contribution in [0.3, 0.4) is 0 Å². The third kappa shape index (κ3) is 4.42. The van der Waals surface area contributed by atoms with Gasteiger partial charge in [0.1, 0.15) is 5.75 Å². The molecule has 8 nitrogen and oxygen atoms in total. The standard InChI is InChI=1S/C27H26N2O6S/c1-5-32-19-9-7-18(8-10-19)24-23(26(31)35-15(2)3)16(4)28-27-29(24)25(30)22(36-27)13-17-6-11-20-21(12-17)34-14-33-20/h6-13,15,24H,5,14H2,1-4H3/b22-13+/t24-/m0/s1. The molecule has 0 saturated heterocycles. The van der Waals surface area contributed by atoms with Crippen LogP contribution >= 0.6 is 11.3 Å². The predicted molar refractivity (Wildman–Crippen MR) is 135 cm³/mol. The number of nitrogens with zero attached hydrogens (tertiary/aromatic N) is 2. The zero-order valence-electron chi connectivity index (χ0n) is 20.4. The van der Waals surface area contributed by atoms with Crippen molar-refractivity contribution in [3.8, 4) is 17.2 Å².